The van der Waals surface area contributed by atoms with E-state index in [2.05, 4.69) is 29.6 Å². The summed E-state index contributed by atoms with van der Waals surface area (Å²) in [6.45, 7) is 0.758. The molecule has 1 aliphatic heterocycles. The number of Topliss-reactive ketones (excluding diaryl/α,β-unsaturated/α-hetero) is 1. The van der Waals surface area contributed by atoms with Gasteiger partial charge in [0.1, 0.15) is 19.0 Å². The van der Waals surface area contributed by atoms with Gasteiger partial charge in [-0.25, -0.2) is 4.79 Å². The number of benzene rings is 3. The van der Waals surface area contributed by atoms with E-state index in [0.29, 0.717) is 13.0 Å². The van der Waals surface area contributed by atoms with Crippen molar-refractivity contribution in [3.8, 4) is 11.1 Å². The summed E-state index contributed by atoms with van der Waals surface area (Å²) in [5.41, 5.74) is 7.53. The summed E-state index contributed by atoms with van der Waals surface area (Å²) >= 11 is 0. The summed E-state index contributed by atoms with van der Waals surface area (Å²) in [6.07, 6.45) is 2.86. The molecule has 0 spiro atoms. The van der Waals surface area contributed by atoms with E-state index in [1.165, 1.54) is 11.1 Å². The van der Waals surface area contributed by atoms with Crippen LogP contribution in [0.5, 0.6) is 0 Å². The van der Waals surface area contributed by atoms with Crippen LogP contribution < -0.4 is 5.32 Å². The molecule has 3 aromatic carbocycles. The first-order valence-corrected chi connectivity index (χ1v) is 14.6. The lowest BCUT2D eigenvalue weighted by atomic mass is 9.79. The molecule has 4 aromatic rings. The predicted molar refractivity (Wildman–Crippen MR) is 157 cm³/mol. The predicted octanol–water partition coefficient (Wildman–Crippen LogP) is 5.76. The SMILES string of the molecule is O=C(N[C@H]1CCc2ccn3c2C1C(=O)C[C@H](C(=O)OCc1ccccc1)C3)OCC1c2ccccc2-c2ccccc21. The molecule has 1 amide bonds. The molecule has 2 heterocycles. The molecule has 0 fully saturated rings. The van der Waals surface area contributed by atoms with Crippen LogP contribution in [0.1, 0.15) is 52.6 Å². The summed E-state index contributed by atoms with van der Waals surface area (Å²) < 4.78 is 13.4. The van der Waals surface area contributed by atoms with Crippen molar-refractivity contribution in [2.75, 3.05) is 6.61 Å². The second kappa shape index (κ2) is 11.0. The molecule has 2 aliphatic carbocycles. The Morgan fingerprint density at radius 2 is 1.55 bits per heavy atom. The Bertz CT molecular complexity index is 1610. The molecule has 212 valence electrons. The quantitative estimate of drug-likeness (QED) is 0.303. The number of carbonyl (C=O) groups is 3. The maximum absolute atomic E-state index is 13.7. The lowest BCUT2D eigenvalue weighted by Crippen LogP contribution is -2.45. The van der Waals surface area contributed by atoms with Gasteiger partial charge in [0.2, 0.25) is 0 Å². The Morgan fingerprint density at radius 1 is 0.857 bits per heavy atom. The molecule has 42 heavy (non-hydrogen) atoms. The highest BCUT2D eigenvalue weighted by Gasteiger charge is 2.43. The van der Waals surface area contributed by atoms with Crippen LogP contribution in [0.2, 0.25) is 0 Å². The molecule has 1 unspecified atom stereocenters. The zero-order valence-corrected chi connectivity index (χ0v) is 23.2. The van der Waals surface area contributed by atoms with Gasteiger partial charge in [-0.15, -0.1) is 0 Å². The molecule has 3 atom stereocenters. The highest BCUT2D eigenvalue weighted by atomic mass is 16.5. The van der Waals surface area contributed by atoms with Gasteiger partial charge in [-0.05, 0) is 52.3 Å². The summed E-state index contributed by atoms with van der Waals surface area (Å²) in [4.78, 5) is 39.9. The van der Waals surface area contributed by atoms with Gasteiger partial charge in [0.05, 0.1) is 11.8 Å². The minimum absolute atomic E-state index is 0.0412. The first kappa shape index (κ1) is 26.3. The van der Waals surface area contributed by atoms with Crippen LogP contribution in [0.25, 0.3) is 11.1 Å². The number of aromatic nitrogens is 1. The minimum atomic E-state index is -0.585. The largest absolute Gasteiger partial charge is 0.461 e. The van der Waals surface area contributed by atoms with Crippen LogP contribution in [-0.2, 0) is 38.6 Å². The Labute approximate surface area is 244 Å². The number of ketones is 1. The number of alkyl carbamates (subject to hydrolysis) is 1. The fourth-order valence-corrected chi connectivity index (χ4v) is 6.95. The number of esters is 1. The Morgan fingerprint density at radius 3 is 2.29 bits per heavy atom. The van der Waals surface area contributed by atoms with Gasteiger partial charge >= 0.3 is 12.1 Å². The van der Waals surface area contributed by atoms with Gasteiger partial charge < -0.3 is 19.4 Å². The van der Waals surface area contributed by atoms with E-state index in [1.54, 1.807) is 0 Å². The van der Waals surface area contributed by atoms with Gasteiger partial charge in [-0.2, -0.15) is 0 Å². The maximum atomic E-state index is 13.7. The number of rotatable bonds is 6. The first-order valence-electron chi connectivity index (χ1n) is 14.6. The van der Waals surface area contributed by atoms with Crippen molar-refractivity contribution in [3.63, 3.8) is 0 Å². The van der Waals surface area contributed by atoms with Crippen molar-refractivity contribution in [1.29, 1.82) is 0 Å². The first-order chi connectivity index (χ1) is 20.6. The third-order valence-electron chi connectivity index (χ3n) is 8.93. The zero-order valence-electron chi connectivity index (χ0n) is 23.2. The number of carbonyl (C=O) groups excluding carboxylic acids is 3. The topological polar surface area (TPSA) is 86.6 Å². The standard InChI is InChI=1S/C35H32N2O5/c38-31-18-24(34(39)41-20-22-8-2-1-3-9-22)19-37-17-16-23-14-15-30(32(31)33(23)37)36-35(40)42-21-29-27-12-6-4-10-25(27)26-11-5-7-13-28(26)29/h1-13,16-17,24,29-30,32H,14-15,18-21H2,(H,36,40)/t24-,30-,32?/m0/s1. The van der Waals surface area contributed by atoms with Gasteiger partial charge in [-0.3, -0.25) is 9.59 Å². The highest BCUT2D eigenvalue weighted by molar-refractivity contribution is 5.91. The number of ether oxygens (including phenoxy) is 2. The van der Waals surface area contributed by atoms with Crippen LogP contribution >= 0.6 is 0 Å². The summed E-state index contributed by atoms with van der Waals surface area (Å²) in [5, 5.41) is 3.02. The number of hydrogen-bond acceptors (Lipinski definition) is 5. The molecule has 0 radical (unpaired) electrons. The Kier molecular flexibility index (Phi) is 6.86. The normalized spacial score (nSPS) is 20.6. The van der Waals surface area contributed by atoms with E-state index >= 15 is 0 Å². The van der Waals surface area contributed by atoms with Crippen LogP contribution in [0.15, 0.2) is 91.1 Å². The lowest BCUT2D eigenvalue weighted by Gasteiger charge is -2.31. The second-order valence-corrected chi connectivity index (χ2v) is 11.4. The molecule has 7 nitrogen and oxygen atoms in total. The van der Waals surface area contributed by atoms with E-state index in [-0.39, 0.29) is 37.3 Å². The Balaban J connectivity index is 1.04. The molecule has 1 N–H and O–H groups in total. The van der Waals surface area contributed by atoms with Crippen LogP contribution in [0, 0.1) is 5.92 Å². The van der Waals surface area contributed by atoms with E-state index < -0.39 is 24.0 Å². The van der Waals surface area contributed by atoms with Gasteiger partial charge in [-0.1, -0.05) is 78.9 Å². The molecular weight excluding hydrogens is 528 g/mol. The number of aryl methyl sites for hydroxylation is 1. The number of hydrogen-bond donors (Lipinski definition) is 1. The molecule has 7 heteroatoms. The van der Waals surface area contributed by atoms with Crippen molar-refractivity contribution in [2.45, 2.75) is 50.3 Å². The zero-order chi connectivity index (χ0) is 28.6. The average Bonchev–Trinajstić information content (AvgIpc) is 3.52. The maximum Gasteiger partial charge on any atom is 0.407 e. The fraction of sp³-hybridized carbons (Fsp3) is 0.286. The lowest BCUT2D eigenvalue weighted by molar-refractivity contribution is -0.151. The van der Waals surface area contributed by atoms with Crippen molar-refractivity contribution in [2.24, 2.45) is 5.92 Å². The van der Waals surface area contributed by atoms with Crippen LogP contribution in [-0.4, -0.2) is 35.1 Å². The number of amides is 1. The third kappa shape index (κ3) is 4.79. The Hall–Kier alpha value is -4.65. The molecular formula is C35H32N2O5. The molecule has 0 saturated carbocycles. The molecule has 1 aromatic heterocycles. The molecule has 0 saturated heterocycles. The number of fused-ring (bicyclic) bond motifs is 3. The smallest absolute Gasteiger partial charge is 0.407 e. The van der Waals surface area contributed by atoms with Crippen LogP contribution in [0.3, 0.4) is 0 Å². The van der Waals surface area contributed by atoms with Gasteiger partial charge in [0.25, 0.3) is 0 Å². The average molecular weight is 561 g/mol. The van der Waals surface area contributed by atoms with Gasteiger partial charge in [0.15, 0.2) is 0 Å². The number of nitrogens with one attached hydrogen (secondary N) is 1. The summed E-state index contributed by atoms with van der Waals surface area (Å²) in [5.74, 6) is -1.59. The van der Waals surface area contributed by atoms with E-state index in [9.17, 15) is 14.4 Å². The summed E-state index contributed by atoms with van der Waals surface area (Å²) in [6, 6.07) is 27.6. The third-order valence-corrected chi connectivity index (χ3v) is 8.93. The van der Waals surface area contributed by atoms with E-state index in [1.807, 2.05) is 71.4 Å². The van der Waals surface area contributed by atoms with Gasteiger partial charge in [0, 0.05) is 36.8 Å². The van der Waals surface area contributed by atoms with E-state index in [0.717, 1.165) is 34.4 Å². The van der Waals surface area contributed by atoms with E-state index in [4.69, 9.17) is 9.47 Å². The molecule has 3 aliphatic rings. The van der Waals surface area contributed by atoms with Crippen molar-refractivity contribution < 1.29 is 23.9 Å². The van der Waals surface area contributed by atoms with Crippen molar-refractivity contribution in [3.05, 3.63) is 119 Å². The highest BCUT2D eigenvalue weighted by Crippen LogP contribution is 2.44. The van der Waals surface area contributed by atoms with Crippen molar-refractivity contribution >= 4 is 17.8 Å². The molecule has 0 bridgehead atoms. The minimum Gasteiger partial charge on any atom is -0.461 e. The second-order valence-electron chi connectivity index (χ2n) is 11.4. The van der Waals surface area contributed by atoms with Crippen LogP contribution in [0.4, 0.5) is 4.79 Å². The number of nitrogens with zero attached hydrogens (tertiary/aromatic N) is 1. The van der Waals surface area contributed by atoms with Crippen molar-refractivity contribution in [1.82, 2.24) is 9.88 Å². The summed E-state index contributed by atoms with van der Waals surface area (Å²) in [7, 11) is 0. The molecule has 7 rings (SSSR count). The monoisotopic (exact) mass is 560 g/mol. The fourth-order valence-electron chi connectivity index (χ4n) is 6.95.